The van der Waals surface area contributed by atoms with E-state index in [1.165, 1.54) is 10.7 Å². The fraction of sp³-hybridized carbons (Fsp3) is 0.250. The smallest absolute Gasteiger partial charge is 0.366 e. The molecule has 0 radical (unpaired) electrons. The molecule has 0 unspecified atom stereocenters. The van der Waals surface area contributed by atoms with Crippen LogP contribution < -0.4 is 11.0 Å². The van der Waals surface area contributed by atoms with Crippen molar-refractivity contribution in [1.29, 1.82) is 0 Å². The van der Waals surface area contributed by atoms with Crippen LogP contribution in [0.4, 0.5) is 5.82 Å². The summed E-state index contributed by atoms with van der Waals surface area (Å²) >= 11 is 0. The summed E-state index contributed by atoms with van der Waals surface area (Å²) in [5.74, 6) is 0.393. The maximum absolute atomic E-state index is 13.1. The van der Waals surface area contributed by atoms with Crippen LogP contribution in [0.15, 0.2) is 42.6 Å². The van der Waals surface area contributed by atoms with Gasteiger partial charge in [0.2, 0.25) is 0 Å². The Hall–Kier alpha value is -2.21. The molecular weight excluding hydrogens is 327 g/mol. The highest BCUT2D eigenvalue weighted by Crippen LogP contribution is 2.47. The van der Waals surface area contributed by atoms with E-state index in [0.717, 1.165) is 5.56 Å². The number of fused-ring (bicyclic) bond motifs is 1. The molecule has 3 aromatic rings. The average molecular weight is 346 g/mol. The van der Waals surface area contributed by atoms with Crippen molar-refractivity contribution in [3.8, 4) is 11.3 Å². The molecule has 0 aliphatic carbocycles. The largest absolute Gasteiger partial charge is 0.384 e. The number of nitrogens with zero attached hydrogens (tertiary/aromatic N) is 3. The zero-order chi connectivity index (χ0) is 17.2. The Morgan fingerprint density at radius 3 is 2.46 bits per heavy atom. The number of nitrogens with two attached hydrogens (primary N) is 1. The Morgan fingerprint density at radius 1 is 1.17 bits per heavy atom. The van der Waals surface area contributed by atoms with E-state index in [9.17, 15) is 4.57 Å². The molecule has 0 aliphatic rings. The fourth-order valence-electron chi connectivity index (χ4n) is 2.44. The molecule has 0 amide bonds. The van der Waals surface area contributed by atoms with Crippen LogP contribution in [0, 0.1) is 0 Å². The number of anilines is 1. The van der Waals surface area contributed by atoms with Crippen LogP contribution in [0.25, 0.3) is 16.9 Å². The molecule has 0 bridgehead atoms. The van der Waals surface area contributed by atoms with Crippen LogP contribution in [0.5, 0.6) is 0 Å². The SMILES string of the molecule is CCOP(=O)(OCC)c1cnn2c(N)cc(-c3ccccc3)nc12. The summed E-state index contributed by atoms with van der Waals surface area (Å²) in [6.07, 6.45) is 1.44. The molecule has 7 nitrogen and oxygen atoms in total. The van der Waals surface area contributed by atoms with Crippen molar-refractivity contribution in [2.24, 2.45) is 0 Å². The summed E-state index contributed by atoms with van der Waals surface area (Å²) in [5, 5.41) is 4.50. The highest BCUT2D eigenvalue weighted by molar-refractivity contribution is 7.62. The lowest BCUT2D eigenvalue weighted by atomic mass is 10.1. The van der Waals surface area contributed by atoms with Crippen LogP contribution >= 0.6 is 7.60 Å². The number of hydrogen-bond acceptors (Lipinski definition) is 6. The molecular formula is C16H19N4O3P. The van der Waals surface area contributed by atoms with Gasteiger partial charge >= 0.3 is 7.60 Å². The zero-order valence-electron chi connectivity index (χ0n) is 13.5. The minimum absolute atomic E-state index is 0.252. The lowest BCUT2D eigenvalue weighted by Gasteiger charge is -2.15. The molecule has 0 spiro atoms. The number of rotatable bonds is 6. The molecule has 126 valence electrons. The third kappa shape index (κ3) is 2.94. The van der Waals surface area contributed by atoms with Crippen LogP contribution in [0.2, 0.25) is 0 Å². The first-order valence-electron chi connectivity index (χ1n) is 7.68. The molecule has 0 saturated heterocycles. The van der Waals surface area contributed by atoms with Crippen molar-refractivity contribution >= 4 is 24.4 Å². The standard InChI is InChI=1S/C16H19N4O3P/c1-3-22-24(21,23-4-2)14-11-18-20-15(17)10-13(19-16(14)20)12-8-6-5-7-9-12/h5-11H,3-4,17H2,1-2H3. The summed E-state index contributed by atoms with van der Waals surface area (Å²) in [4.78, 5) is 4.59. The van der Waals surface area contributed by atoms with Crippen molar-refractivity contribution in [2.45, 2.75) is 13.8 Å². The Morgan fingerprint density at radius 2 is 1.83 bits per heavy atom. The summed E-state index contributed by atoms with van der Waals surface area (Å²) in [6.45, 7) is 4.02. The van der Waals surface area contributed by atoms with Gasteiger partial charge in [0.15, 0.2) is 5.65 Å². The predicted octanol–water partition coefficient (Wildman–Crippen LogP) is 2.87. The van der Waals surface area contributed by atoms with Gasteiger partial charge in [-0.3, -0.25) is 4.57 Å². The first-order chi connectivity index (χ1) is 11.6. The average Bonchev–Trinajstić information content (AvgIpc) is 3.01. The summed E-state index contributed by atoms with van der Waals surface area (Å²) < 4.78 is 25.3. The number of aromatic nitrogens is 3. The van der Waals surface area contributed by atoms with Crippen molar-refractivity contribution in [2.75, 3.05) is 18.9 Å². The van der Waals surface area contributed by atoms with Gasteiger partial charge in [-0.1, -0.05) is 30.3 Å². The molecule has 0 fully saturated rings. The highest BCUT2D eigenvalue weighted by Gasteiger charge is 2.32. The second-order valence-corrected chi connectivity index (χ2v) is 7.02. The van der Waals surface area contributed by atoms with Crippen molar-refractivity contribution in [1.82, 2.24) is 14.6 Å². The third-order valence-corrected chi connectivity index (χ3v) is 5.55. The Balaban J connectivity index is 2.20. The second kappa shape index (κ2) is 6.73. The van der Waals surface area contributed by atoms with E-state index in [4.69, 9.17) is 14.8 Å². The Bertz CT molecular complexity index is 885. The number of nitrogen functional groups attached to an aromatic ring is 1. The third-order valence-electron chi connectivity index (χ3n) is 3.44. The van der Waals surface area contributed by atoms with Gasteiger partial charge in [0.1, 0.15) is 11.1 Å². The van der Waals surface area contributed by atoms with E-state index >= 15 is 0 Å². The van der Waals surface area contributed by atoms with E-state index in [2.05, 4.69) is 10.1 Å². The lowest BCUT2D eigenvalue weighted by Crippen LogP contribution is -2.12. The molecule has 2 aromatic heterocycles. The normalized spacial score (nSPS) is 11.9. The summed E-state index contributed by atoms with van der Waals surface area (Å²) in [5.41, 5.74) is 8.03. The topological polar surface area (TPSA) is 91.7 Å². The van der Waals surface area contributed by atoms with Gasteiger partial charge in [-0.15, -0.1) is 0 Å². The van der Waals surface area contributed by atoms with Gasteiger partial charge in [-0.05, 0) is 13.8 Å². The monoisotopic (exact) mass is 346 g/mol. The molecule has 0 saturated carbocycles. The second-order valence-electron chi connectivity index (χ2n) is 5.03. The van der Waals surface area contributed by atoms with Gasteiger partial charge in [0.05, 0.1) is 25.1 Å². The van der Waals surface area contributed by atoms with Gasteiger partial charge in [-0.25, -0.2) is 4.98 Å². The molecule has 2 N–H and O–H groups in total. The van der Waals surface area contributed by atoms with Gasteiger partial charge in [-0.2, -0.15) is 9.61 Å². The molecule has 0 aliphatic heterocycles. The van der Waals surface area contributed by atoms with Crippen LogP contribution in [0.1, 0.15) is 13.8 Å². The van der Waals surface area contributed by atoms with Crippen LogP contribution in [-0.2, 0) is 13.6 Å². The predicted molar refractivity (Wildman–Crippen MR) is 93.3 cm³/mol. The van der Waals surface area contributed by atoms with Gasteiger partial charge in [0.25, 0.3) is 0 Å². The highest BCUT2D eigenvalue weighted by atomic mass is 31.2. The quantitative estimate of drug-likeness (QED) is 0.690. The van der Waals surface area contributed by atoms with Crippen molar-refractivity contribution < 1.29 is 13.6 Å². The first-order valence-corrected chi connectivity index (χ1v) is 9.22. The van der Waals surface area contributed by atoms with Gasteiger partial charge in [0, 0.05) is 11.6 Å². The Kier molecular flexibility index (Phi) is 4.66. The number of benzene rings is 1. The van der Waals surface area contributed by atoms with Crippen LogP contribution in [-0.4, -0.2) is 27.8 Å². The maximum atomic E-state index is 13.1. The molecule has 1 aromatic carbocycles. The summed E-state index contributed by atoms with van der Waals surface area (Å²) in [7, 11) is -3.50. The number of hydrogen-bond donors (Lipinski definition) is 1. The lowest BCUT2D eigenvalue weighted by molar-refractivity contribution is 0.230. The first kappa shape index (κ1) is 16.6. The van der Waals surface area contributed by atoms with E-state index in [1.54, 1.807) is 19.9 Å². The van der Waals surface area contributed by atoms with E-state index < -0.39 is 7.60 Å². The molecule has 3 rings (SSSR count). The molecule has 0 atom stereocenters. The van der Waals surface area contributed by atoms with Crippen LogP contribution in [0.3, 0.4) is 0 Å². The molecule has 2 heterocycles. The summed E-state index contributed by atoms with van der Waals surface area (Å²) in [6, 6.07) is 11.3. The Labute approximate surface area is 140 Å². The van der Waals surface area contributed by atoms with Gasteiger partial charge < -0.3 is 14.8 Å². The van der Waals surface area contributed by atoms with Crippen molar-refractivity contribution in [3.63, 3.8) is 0 Å². The zero-order valence-corrected chi connectivity index (χ0v) is 14.4. The fourth-order valence-corrected chi connectivity index (χ4v) is 4.06. The maximum Gasteiger partial charge on any atom is 0.366 e. The van der Waals surface area contributed by atoms with Crippen molar-refractivity contribution in [3.05, 3.63) is 42.6 Å². The molecule has 24 heavy (non-hydrogen) atoms. The minimum atomic E-state index is -3.50. The van der Waals surface area contributed by atoms with E-state index in [-0.39, 0.29) is 13.2 Å². The molecule has 8 heteroatoms. The minimum Gasteiger partial charge on any atom is -0.384 e. The van der Waals surface area contributed by atoms with E-state index in [0.29, 0.717) is 22.5 Å². The van der Waals surface area contributed by atoms with E-state index in [1.807, 2.05) is 30.3 Å².